The highest BCUT2D eigenvalue weighted by Crippen LogP contribution is 2.36. The Balaban J connectivity index is 2.15. The van der Waals surface area contributed by atoms with Gasteiger partial charge in [-0.05, 0) is 10.8 Å². The molecule has 0 aliphatic carbocycles. The van der Waals surface area contributed by atoms with Gasteiger partial charge in [-0.15, -0.1) is 0 Å². The summed E-state index contributed by atoms with van der Waals surface area (Å²) in [6, 6.07) is 24.8. The van der Waals surface area contributed by atoms with Gasteiger partial charge in [0.25, 0.3) is 0 Å². The third kappa shape index (κ3) is 1.34. The van der Waals surface area contributed by atoms with E-state index in [2.05, 4.69) is 48.5 Å². The average Bonchev–Trinajstić information content (AvgIpc) is 2.88. The van der Waals surface area contributed by atoms with Gasteiger partial charge in [0.15, 0.2) is 0 Å². The van der Waals surface area contributed by atoms with Crippen LogP contribution < -0.4 is 0 Å². The van der Waals surface area contributed by atoms with Gasteiger partial charge in [0.05, 0.1) is 11.0 Å². The zero-order valence-electron chi connectivity index (χ0n) is 11.8. The van der Waals surface area contributed by atoms with Gasteiger partial charge in [0.1, 0.15) is 0 Å². The molecule has 22 heavy (non-hydrogen) atoms. The van der Waals surface area contributed by atoms with E-state index in [1.54, 1.807) is 0 Å². The Morgan fingerprint density at radius 2 is 0.955 bits per heavy atom. The summed E-state index contributed by atoms with van der Waals surface area (Å²) in [6.07, 6.45) is 0. The van der Waals surface area contributed by atoms with Crippen molar-refractivity contribution in [3.05, 3.63) is 72.8 Å². The van der Waals surface area contributed by atoms with Crippen LogP contribution in [0.4, 0.5) is 0 Å². The Morgan fingerprint density at radius 3 is 1.45 bits per heavy atom. The van der Waals surface area contributed by atoms with Gasteiger partial charge in [-0.3, -0.25) is 0 Å². The summed E-state index contributed by atoms with van der Waals surface area (Å²) < 4.78 is 1.36. The molecule has 0 aliphatic heterocycles. The van der Waals surface area contributed by atoms with Crippen LogP contribution in [0.15, 0.2) is 72.8 Å². The summed E-state index contributed by atoms with van der Waals surface area (Å²) in [5.41, 5.74) is 1.76. The molecule has 2 nitrogen and oxygen atoms in total. The average molecular weight is 283 g/mol. The lowest BCUT2D eigenvalue weighted by atomic mass is 10.0. The van der Waals surface area contributed by atoms with Crippen LogP contribution >= 0.6 is 0 Å². The maximum Gasteiger partial charge on any atom is 0.0957 e. The minimum atomic E-state index is 0.879. The molecule has 1 heterocycles. The highest BCUT2D eigenvalue weighted by molar-refractivity contribution is 6.22. The standard InChI is InChI=1S/C20H13NO/c22-21-19-15-7-3-1-5-13(15)9-11-17(19)18-12-10-14-6-2-4-8-16(14)20(18)21/h1-12,22H. The second-order valence-electron chi connectivity index (χ2n) is 5.68. The summed E-state index contributed by atoms with van der Waals surface area (Å²) in [7, 11) is 0. The Morgan fingerprint density at radius 1 is 0.500 bits per heavy atom. The molecule has 0 bridgehead atoms. The summed E-state index contributed by atoms with van der Waals surface area (Å²) >= 11 is 0. The normalized spacial score (nSPS) is 11.8. The van der Waals surface area contributed by atoms with Crippen LogP contribution in [-0.4, -0.2) is 9.94 Å². The molecule has 2 heteroatoms. The van der Waals surface area contributed by atoms with Crippen molar-refractivity contribution in [3.8, 4) is 0 Å². The third-order valence-corrected chi connectivity index (χ3v) is 4.51. The van der Waals surface area contributed by atoms with Crippen molar-refractivity contribution in [2.24, 2.45) is 0 Å². The molecule has 1 N–H and O–H groups in total. The Kier molecular flexibility index (Phi) is 2.12. The first-order valence-electron chi connectivity index (χ1n) is 7.37. The van der Waals surface area contributed by atoms with Crippen molar-refractivity contribution in [1.29, 1.82) is 0 Å². The largest absolute Gasteiger partial charge is 0.428 e. The lowest BCUT2D eigenvalue weighted by molar-refractivity contribution is 0.214. The van der Waals surface area contributed by atoms with E-state index in [1.165, 1.54) is 4.73 Å². The van der Waals surface area contributed by atoms with E-state index in [4.69, 9.17) is 0 Å². The number of fused-ring (bicyclic) bond motifs is 7. The van der Waals surface area contributed by atoms with Crippen LogP contribution in [0.2, 0.25) is 0 Å². The Labute approximate surface area is 126 Å². The van der Waals surface area contributed by atoms with Crippen molar-refractivity contribution in [1.82, 2.24) is 4.73 Å². The summed E-state index contributed by atoms with van der Waals surface area (Å²) in [6.45, 7) is 0. The van der Waals surface area contributed by atoms with Crippen molar-refractivity contribution in [2.75, 3.05) is 0 Å². The predicted molar refractivity (Wildman–Crippen MR) is 91.6 cm³/mol. The van der Waals surface area contributed by atoms with Crippen LogP contribution in [0.3, 0.4) is 0 Å². The molecule has 5 aromatic rings. The molecule has 5 rings (SSSR count). The Hall–Kier alpha value is -3.00. The third-order valence-electron chi connectivity index (χ3n) is 4.51. The molecule has 0 saturated heterocycles. The zero-order chi connectivity index (χ0) is 14.7. The highest BCUT2D eigenvalue weighted by Gasteiger charge is 2.14. The maximum atomic E-state index is 10.9. The van der Waals surface area contributed by atoms with Gasteiger partial charge >= 0.3 is 0 Å². The van der Waals surface area contributed by atoms with E-state index in [9.17, 15) is 5.21 Å². The molecule has 0 aliphatic rings. The Bertz CT molecular complexity index is 1090. The van der Waals surface area contributed by atoms with Gasteiger partial charge in [0, 0.05) is 21.5 Å². The molecule has 4 aromatic carbocycles. The van der Waals surface area contributed by atoms with Gasteiger partial charge in [-0.25, -0.2) is 0 Å². The minimum absolute atomic E-state index is 0.879. The van der Waals surface area contributed by atoms with Gasteiger partial charge in [-0.1, -0.05) is 72.8 Å². The SMILES string of the molecule is On1c2c3ccccc3ccc2c2ccc3ccccc3c21. The molecular weight excluding hydrogens is 270 g/mol. The lowest BCUT2D eigenvalue weighted by Gasteiger charge is -2.03. The number of rotatable bonds is 0. The second kappa shape index (κ2) is 4.01. The van der Waals surface area contributed by atoms with Crippen LogP contribution in [0.5, 0.6) is 0 Å². The second-order valence-corrected chi connectivity index (χ2v) is 5.68. The van der Waals surface area contributed by atoms with Crippen LogP contribution in [-0.2, 0) is 0 Å². The van der Waals surface area contributed by atoms with E-state index in [0.29, 0.717) is 0 Å². The van der Waals surface area contributed by atoms with E-state index in [0.717, 1.165) is 43.4 Å². The number of benzene rings is 4. The molecule has 0 amide bonds. The van der Waals surface area contributed by atoms with Crippen LogP contribution in [0.25, 0.3) is 43.4 Å². The fourth-order valence-corrected chi connectivity index (χ4v) is 3.51. The number of nitrogens with zero attached hydrogens (tertiary/aromatic N) is 1. The molecule has 0 fully saturated rings. The number of hydrogen-bond donors (Lipinski definition) is 1. The quantitative estimate of drug-likeness (QED) is 0.381. The summed E-state index contributed by atoms with van der Waals surface area (Å²) in [5, 5.41) is 17.5. The van der Waals surface area contributed by atoms with Crippen molar-refractivity contribution >= 4 is 43.4 Å². The fourth-order valence-electron chi connectivity index (χ4n) is 3.51. The topological polar surface area (TPSA) is 25.2 Å². The fraction of sp³-hybridized carbons (Fsp3) is 0. The smallest absolute Gasteiger partial charge is 0.0957 e. The van der Waals surface area contributed by atoms with Gasteiger partial charge < -0.3 is 5.21 Å². The predicted octanol–water partition coefficient (Wildman–Crippen LogP) is 5.34. The van der Waals surface area contributed by atoms with Gasteiger partial charge in [-0.2, -0.15) is 4.73 Å². The highest BCUT2D eigenvalue weighted by atomic mass is 16.5. The lowest BCUT2D eigenvalue weighted by Crippen LogP contribution is -1.90. The summed E-state index contributed by atoms with van der Waals surface area (Å²) in [4.78, 5) is 0. The first-order chi connectivity index (χ1) is 10.8. The monoisotopic (exact) mass is 283 g/mol. The van der Waals surface area contributed by atoms with Crippen molar-refractivity contribution in [2.45, 2.75) is 0 Å². The number of hydrogen-bond acceptors (Lipinski definition) is 1. The molecule has 0 spiro atoms. The first kappa shape index (κ1) is 11.6. The minimum Gasteiger partial charge on any atom is -0.428 e. The maximum absolute atomic E-state index is 10.9. The molecule has 0 radical (unpaired) electrons. The summed E-state index contributed by atoms with van der Waals surface area (Å²) in [5.74, 6) is 0. The van der Waals surface area contributed by atoms with Crippen molar-refractivity contribution in [3.63, 3.8) is 0 Å². The van der Waals surface area contributed by atoms with E-state index < -0.39 is 0 Å². The number of aromatic nitrogens is 1. The molecule has 104 valence electrons. The molecule has 1 aromatic heterocycles. The molecule has 0 atom stereocenters. The molecular formula is C20H13NO. The molecule has 0 saturated carbocycles. The van der Waals surface area contributed by atoms with E-state index in [1.807, 2.05) is 24.3 Å². The van der Waals surface area contributed by atoms with Crippen LogP contribution in [0, 0.1) is 0 Å². The van der Waals surface area contributed by atoms with Crippen LogP contribution in [0.1, 0.15) is 0 Å². The van der Waals surface area contributed by atoms with E-state index >= 15 is 0 Å². The van der Waals surface area contributed by atoms with E-state index in [-0.39, 0.29) is 0 Å². The molecule has 0 unspecified atom stereocenters. The van der Waals surface area contributed by atoms with Crippen molar-refractivity contribution < 1.29 is 5.21 Å². The first-order valence-corrected chi connectivity index (χ1v) is 7.37. The van der Waals surface area contributed by atoms with Gasteiger partial charge in [0.2, 0.25) is 0 Å². The zero-order valence-corrected chi connectivity index (χ0v) is 11.8.